The number of likely N-dealkylation sites (tertiary alicyclic amines) is 1. The van der Waals surface area contributed by atoms with Crippen LogP contribution in [0, 0.1) is 0 Å². The molecule has 1 aliphatic rings. The smallest absolute Gasteiger partial charge is 0.191 e. The summed E-state index contributed by atoms with van der Waals surface area (Å²) < 4.78 is 5.20. The molecule has 1 aliphatic heterocycles. The minimum atomic E-state index is 0.571. The van der Waals surface area contributed by atoms with E-state index in [1.54, 1.807) is 7.11 Å². The van der Waals surface area contributed by atoms with E-state index in [0.29, 0.717) is 6.04 Å². The highest BCUT2D eigenvalue weighted by atomic mass is 32.2. The lowest BCUT2D eigenvalue weighted by Crippen LogP contribution is -2.40. The summed E-state index contributed by atoms with van der Waals surface area (Å²) >= 11 is 1.92. The molecule has 1 rings (SSSR count). The standard InChI is InChI=1S/C16H34N4OS/c1-4-17-16(18-9-5-6-13-22-3)19-14-15-8-7-10-20(15)11-12-21-2/h15H,4-14H2,1-3H3,(H2,17,18,19). The van der Waals surface area contributed by atoms with E-state index < -0.39 is 0 Å². The lowest BCUT2D eigenvalue weighted by Gasteiger charge is -2.23. The molecule has 0 amide bonds. The fourth-order valence-corrected chi connectivity index (χ4v) is 3.21. The second-order valence-corrected chi connectivity index (χ2v) is 6.66. The second kappa shape index (κ2) is 13.0. The number of ether oxygens (including phenoxy) is 1. The van der Waals surface area contributed by atoms with Crippen molar-refractivity contribution >= 4 is 17.7 Å². The number of guanidine groups is 1. The van der Waals surface area contributed by atoms with Crippen LogP contribution in [0.3, 0.4) is 0 Å². The van der Waals surface area contributed by atoms with Crippen LogP contribution in [0.15, 0.2) is 4.99 Å². The van der Waals surface area contributed by atoms with Crippen LogP contribution in [-0.2, 0) is 4.74 Å². The van der Waals surface area contributed by atoms with Crippen molar-refractivity contribution in [1.29, 1.82) is 0 Å². The molecule has 5 nitrogen and oxygen atoms in total. The molecule has 1 atom stereocenters. The molecule has 0 radical (unpaired) electrons. The summed E-state index contributed by atoms with van der Waals surface area (Å²) in [6.45, 7) is 7.93. The van der Waals surface area contributed by atoms with E-state index in [2.05, 4.69) is 28.7 Å². The summed E-state index contributed by atoms with van der Waals surface area (Å²) in [6.07, 6.45) is 7.16. The van der Waals surface area contributed by atoms with Gasteiger partial charge in [0, 0.05) is 32.8 Å². The van der Waals surface area contributed by atoms with Gasteiger partial charge in [-0.2, -0.15) is 11.8 Å². The van der Waals surface area contributed by atoms with Crippen LogP contribution in [0.4, 0.5) is 0 Å². The summed E-state index contributed by atoms with van der Waals surface area (Å²) in [6, 6.07) is 0.571. The molecule has 6 heteroatoms. The van der Waals surface area contributed by atoms with Crippen molar-refractivity contribution in [1.82, 2.24) is 15.5 Å². The summed E-state index contributed by atoms with van der Waals surface area (Å²) in [5, 5.41) is 6.79. The maximum atomic E-state index is 5.20. The van der Waals surface area contributed by atoms with Gasteiger partial charge in [0.2, 0.25) is 0 Å². The minimum absolute atomic E-state index is 0.571. The van der Waals surface area contributed by atoms with E-state index in [4.69, 9.17) is 9.73 Å². The van der Waals surface area contributed by atoms with Gasteiger partial charge in [0.05, 0.1) is 13.2 Å². The Balaban J connectivity index is 2.33. The molecular weight excluding hydrogens is 296 g/mol. The van der Waals surface area contributed by atoms with E-state index >= 15 is 0 Å². The fraction of sp³-hybridized carbons (Fsp3) is 0.938. The topological polar surface area (TPSA) is 48.9 Å². The maximum absolute atomic E-state index is 5.20. The zero-order chi connectivity index (χ0) is 16.0. The third-order valence-electron chi connectivity index (χ3n) is 3.95. The number of nitrogens with one attached hydrogen (secondary N) is 2. The summed E-state index contributed by atoms with van der Waals surface area (Å²) in [4.78, 5) is 7.29. The number of nitrogens with zero attached hydrogens (tertiary/aromatic N) is 2. The quantitative estimate of drug-likeness (QED) is 0.344. The highest BCUT2D eigenvalue weighted by Gasteiger charge is 2.23. The van der Waals surface area contributed by atoms with Gasteiger partial charge < -0.3 is 15.4 Å². The lowest BCUT2D eigenvalue weighted by atomic mass is 10.2. The minimum Gasteiger partial charge on any atom is -0.383 e. The Morgan fingerprint density at radius 1 is 1.36 bits per heavy atom. The van der Waals surface area contributed by atoms with Gasteiger partial charge >= 0.3 is 0 Å². The van der Waals surface area contributed by atoms with Crippen LogP contribution in [0.5, 0.6) is 0 Å². The number of hydrogen-bond donors (Lipinski definition) is 2. The van der Waals surface area contributed by atoms with E-state index in [0.717, 1.165) is 38.7 Å². The third-order valence-corrected chi connectivity index (χ3v) is 4.65. The van der Waals surface area contributed by atoms with Gasteiger partial charge in [-0.15, -0.1) is 0 Å². The zero-order valence-electron chi connectivity index (χ0n) is 14.6. The average molecular weight is 331 g/mol. The summed E-state index contributed by atoms with van der Waals surface area (Å²) in [7, 11) is 1.77. The molecule has 0 aromatic heterocycles. The van der Waals surface area contributed by atoms with E-state index in [9.17, 15) is 0 Å². The first-order valence-corrected chi connectivity index (χ1v) is 9.95. The van der Waals surface area contributed by atoms with Gasteiger partial charge in [-0.1, -0.05) is 0 Å². The van der Waals surface area contributed by atoms with Crippen molar-refractivity contribution in [3.8, 4) is 0 Å². The first kappa shape index (κ1) is 19.6. The van der Waals surface area contributed by atoms with Gasteiger partial charge in [0.25, 0.3) is 0 Å². The Labute approximate surface area is 140 Å². The molecule has 1 fully saturated rings. The van der Waals surface area contributed by atoms with Gasteiger partial charge in [-0.25, -0.2) is 0 Å². The highest BCUT2D eigenvalue weighted by Crippen LogP contribution is 2.16. The molecular formula is C16H34N4OS. The second-order valence-electron chi connectivity index (χ2n) is 5.67. The molecule has 0 aliphatic carbocycles. The van der Waals surface area contributed by atoms with Gasteiger partial charge in [0.1, 0.15) is 0 Å². The molecule has 1 unspecified atom stereocenters. The molecule has 22 heavy (non-hydrogen) atoms. The molecule has 0 aromatic carbocycles. The van der Waals surface area contributed by atoms with Crippen LogP contribution < -0.4 is 10.6 Å². The largest absolute Gasteiger partial charge is 0.383 e. The van der Waals surface area contributed by atoms with Gasteiger partial charge in [0.15, 0.2) is 5.96 Å². The number of rotatable bonds is 11. The Bertz CT molecular complexity index is 302. The van der Waals surface area contributed by atoms with Crippen molar-refractivity contribution < 1.29 is 4.74 Å². The third kappa shape index (κ3) is 8.25. The van der Waals surface area contributed by atoms with Crippen molar-refractivity contribution in [3.63, 3.8) is 0 Å². The summed E-state index contributed by atoms with van der Waals surface area (Å²) in [5.74, 6) is 2.21. The molecule has 1 saturated heterocycles. The Hall–Kier alpha value is -0.460. The molecule has 2 N–H and O–H groups in total. The SMILES string of the molecule is CCNC(=NCC1CCCN1CCOC)NCCCCSC. The van der Waals surface area contributed by atoms with Crippen LogP contribution in [0.2, 0.25) is 0 Å². The molecule has 1 heterocycles. The van der Waals surface area contributed by atoms with E-state index in [-0.39, 0.29) is 0 Å². The number of methoxy groups -OCH3 is 1. The predicted molar refractivity (Wildman–Crippen MR) is 98.1 cm³/mol. The van der Waals surface area contributed by atoms with Crippen molar-refractivity contribution in [2.24, 2.45) is 4.99 Å². The van der Waals surface area contributed by atoms with Crippen LogP contribution in [0.25, 0.3) is 0 Å². The first-order valence-electron chi connectivity index (χ1n) is 8.56. The molecule has 130 valence electrons. The van der Waals surface area contributed by atoms with Gasteiger partial charge in [-0.3, -0.25) is 9.89 Å². The summed E-state index contributed by atoms with van der Waals surface area (Å²) in [5.41, 5.74) is 0. The fourth-order valence-electron chi connectivity index (χ4n) is 2.72. The lowest BCUT2D eigenvalue weighted by molar-refractivity contribution is 0.142. The number of thioether (sulfide) groups is 1. The predicted octanol–water partition coefficient (Wildman–Crippen LogP) is 1.80. The molecule has 0 saturated carbocycles. The van der Waals surface area contributed by atoms with Crippen molar-refractivity contribution in [2.75, 3.05) is 58.4 Å². The number of unbranched alkanes of at least 4 members (excludes halogenated alkanes) is 1. The normalized spacial score (nSPS) is 19.6. The molecule has 0 aromatic rings. The molecule has 0 spiro atoms. The van der Waals surface area contributed by atoms with Crippen molar-refractivity contribution in [2.45, 2.75) is 38.6 Å². The Morgan fingerprint density at radius 3 is 2.95 bits per heavy atom. The Morgan fingerprint density at radius 2 is 2.23 bits per heavy atom. The van der Waals surface area contributed by atoms with Crippen LogP contribution >= 0.6 is 11.8 Å². The number of hydrogen-bond acceptors (Lipinski definition) is 4. The average Bonchev–Trinajstić information content (AvgIpc) is 2.97. The highest BCUT2D eigenvalue weighted by molar-refractivity contribution is 7.98. The maximum Gasteiger partial charge on any atom is 0.191 e. The van der Waals surface area contributed by atoms with E-state index in [1.807, 2.05) is 11.8 Å². The van der Waals surface area contributed by atoms with Crippen LogP contribution in [-0.4, -0.2) is 75.4 Å². The Kier molecular flexibility index (Phi) is 11.6. The zero-order valence-corrected chi connectivity index (χ0v) is 15.4. The van der Waals surface area contributed by atoms with E-state index in [1.165, 1.54) is 38.0 Å². The monoisotopic (exact) mass is 330 g/mol. The first-order chi connectivity index (χ1) is 10.8. The van der Waals surface area contributed by atoms with Gasteiger partial charge in [-0.05, 0) is 51.2 Å². The van der Waals surface area contributed by atoms with Crippen molar-refractivity contribution in [3.05, 3.63) is 0 Å². The molecule has 0 bridgehead atoms. The number of aliphatic imine (C=N–C) groups is 1. The van der Waals surface area contributed by atoms with Crippen LogP contribution in [0.1, 0.15) is 32.6 Å².